The first-order chi connectivity index (χ1) is 14.6. The third-order valence-corrected chi connectivity index (χ3v) is 4.47. The smallest absolute Gasteiger partial charge is 0.413 e. The summed E-state index contributed by atoms with van der Waals surface area (Å²) in [6, 6.07) is 15.5. The second kappa shape index (κ2) is 8.62. The lowest BCUT2D eigenvalue weighted by Crippen LogP contribution is -2.28. The number of carbonyl (C=O) groups excluding carboxylic acids is 2. The summed E-state index contributed by atoms with van der Waals surface area (Å²) < 4.78 is 6.63. The molecule has 158 valence electrons. The number of benzene rings is 2. The van der Waals surface area contributed by atoms with E-state index in [0.717, 1.165) is 5.56 Å². The molecule has 0 atom stereocenters. The van der Waals surface area contributed by atoms with Crippen LogP contribution in [0.2, 0.25) is 5.02 Å². The Kier molecular flexibility index (Phi) is 6.14. The van der Waals surface area contributed by atoms with Crippen LogP contribution in [-0.4, -0.2) is 27.3 Å². The summed E-state index contributed by atoms with van der Waals surface area (Å²) in [6.07, 6.45) is -0.770. The Morgan fingerprint density at radius 3 is 2.26 bits per heavy atom. The van der Waals surface area contributed by atoms with Crippen molar-refractivity contribution in [3.8, 4) is 11.8 Å². The van der Waals surface area contributed by atoms with Crippen molar-refractivity contribution in [1.82, 2.24) is 9.78 Å². The molecule has 1 aromatic heterocycles. The van der Waals surface area contributed by atoms with Crippen molar-refractivity contribution in [2.75, 3.05) is 5.32 Å². The van der Waals surface area contributed by atoms with E-state index in [0.29, 0.717) is 16.3 Å². The molecule has 31 heavy (non-hydrogen) atoms. The van der Waals surface area contributed by atoms with Crippen molar-refractivity contribution in [3.63, 3.8) is 0 Å². The first-order valence-electron chi connectivity index (χ1n) is 9.49. The summed E-state index contributed by atoms with van der Waals surface area (Å²) in [5, 5.41) is 17.3. The molecule has 1 amide bonds. The molecule has 0 unspecified atom stereocenters. The molecule has 1 heterocycles. The van der Waals surface area contributed by atoms with E-state index in [4.69, 9.17) is 16.3 Å². The van der Waals surface area contributed by atoms with Gasteiger partial charge in [0.2, 0.25) is 5.78 Å². The van der Waals surface area contributed by atoms with Crippen molar-refractivity contribution in [2.45, 2.75) is 33.3 Å². The summed E-state index contributed by atoms with van der Waals surface area (Å²) in [5.74, 6) is -0.397. The van der Waals surface area contributed by atoms with Gasteiger partial charge in [-0.3, -0.25) is 10.1 Å². The number of aromatic nitrogens is 2. The first-order valence-corrected chi connectivity index (χ1v) is 9.87. The van der Waals surface area contributed by atoms with E-state index in [-0.39, 0.29) is 17.1 Å². The first kappa shape index (κ1) is 22.1. The number of carbonyl (C=O) groups is 2. The zero-order valence-corrected chi connectivity index (χ0v) is 18.3. The van der Waals surface area contributed by atoms with Crippen molar-refractivity contribution in [1.29, 1.82) is 5.26 Å². The van der Waals surface area contributed by atoms with Crippen molar-refractivity contribution >= 4 is 29.3 Å². The molecule has 1 N–H and O–H groups in total. The molecule has 0 saturated heterocycles. The van der Waals surface area contributed by atoms with Crippen LogP contribution >= 0.6 is 11.6 Å². The molecule has 3 rings (SSSR count). The van der Waals surface area contributed by atoms with Gasteiger partial charge in [-0.15, -0.1) is 0 Å². The van der Waals surface area contributed by atoms with E-state index in [1.807, 2.05) is 13.0 Å². The topological polar surface area (TPSA) is 97.0 Å². The third kappa shape index (κ3) is 5.11. The Balaban J connectivity index is 2.13. The molecular formula is C23H21ClN4O3. The molecule has 3 aromatic rings. The third-order valence-electron chi connectivity index (χ3n) is 4.22. The Hall–Kier alpha value is -3.63. The van der Waals surface area contributed by atoms with Gasteiger partial charge in [0.15, 0.2) is 11.5 Å². The van der Waals surface area contributed by atoms with Crippen LogP contribution in [0.1, 0.15) is 48.0 Å². The molecule has 0 fully saturated rings. The van der Waals surface area contributed by atoms with E-state index in [2.05, 4.69) is 10.4 Å². The van der Waals surface area contributed by atoms with E-state index < -0.39 is 17.5 Å². The SMILES string of the molecule is Cc1ccc(C(=O)c2nn(-c3ccc(Cl)cc3)c(NC(=O)OC(C)(C)C)c2C#N)cc1. The predicted molar refractivity (Wildman–Crippen MR) is 118 cm³/mol. The van der Waals surface area contributed by atoms with Crippen LogP contribution in [0.25, 0.3) is 5.69 Å². The lowest BCUT2D eigenvalue weighted by atomic mass is 10.0. The lowest BCUT2D eigenvalue weighted by Gasteiger charge is -2.20. The fourth-order valence-corrected chi connectivity index (χ4v) is 2.94. The number of ketones is 1. The maximum atomic E-state index is 13.1. The molecule has 0 bridgehead atoms. The van der Waals surface area contributed by atoms with Crippen LogP contribution in [0.3, 0.4) is 0 Å². The Morgan fingerprint density at radius 1 is 1.10 bits per heavy atom. The number of hydrogen-bond donors (Lipinski definition) is 1. The van der Waals surface area contributed by atoms with Gasteiger partial charge in [0.05, 0.1) is 5.69 Å². The number of hydrogen-bond acceptors (Lipinski definition) is 5. The fraction of sp³-hybridized carbons (Fsp3) is 0.217. The van der Waals surface area contributed by atoms with E-state index in [1.54, 1.807) is 69.3 Å². The van der Waals surface area contributed by atoms with Gasteiger partial charge >= 0.3 is 6.09 Å². The second-order valence-electron chi connectivity index (χ2n) is 7.89. The molecule has 0 radical (unpaired) electrons. The number of aryl methyl sites for hydroxylation is 1. The maximum Gasteiger partial charge on any atom is 0.413 e. The fourth-order valence-electron chi connectivity index (χ4n) is 2.81. The standard InChI is InChI=1S/C23H21ClN4O3/c1-14-5-7-15(8-6-14)20(29)19-18(13-25)21(26-22(30)31-23(2,3)4)28(27-19)17-11-9-16(24)10-12-17/h5-12H,1-4H3,(H,26,30). The quantitative estimate of drug-likeness (QED) is 0.561. The van der Waals surface area contributed by atoms with E-state index in [9.17, 15) is 14.9 Å². The minimum absolute atomic E-state index is 0.0366. The Labute approximate surface area is 185 Å². The van der Waals surface area contributed by atoms with Gasteiger partial charge in [-0.1, -0.05) is 41.4 Å². The number of nitriles is 1. The molecule has 0 aliphatic heterocycles. The minimum atomic E-state index is -0.770. The monoisotopic (exact) mass is 436 g/mol. The highest BCUT2D eigenvalue weighted by molar-refractivity contribution is 6.30. The molecular weight excluding hydrogens is 416 g/mol. The molecule has 7 nitrogen and oxygen atoms in total. The number of rotatable bonds is 4. The van der Waals surface area contributed by atoms with Gasteiger partial charge in [-0.05, 0) is 52.0 Å². The van der Waals surface area contributed by atoms with Crippen LogP contribution in [0.15, 0.2) is 48.5 Å². The van der Waals surface area contributed by atoms with Crippen LogP contribution in [0.5, 0.6) is 0 Å². The van der Waals surface area contributed by atoms with Crippen LogP contribution in [0, 0.1) is 18.3 Å². The normalized spacial score (nSPS) is 11.0. The maximum absolute atomic E-state index is 13.1. The number of anilines is 1. The average molecular weight is 437 g/mol. The number of halogens is 1. The minimum Gasteiger partial charge on any atom is -0.444 e. The summed E-state index contributed by atoms with van der Waals surface area (Å²) >= 11 is 5.98. The summed E-state index contributed by atoms with van der Waals surface area (Å²) in [4.78, 5) is 25.5. The van der Waals surface area contributed by atoms with Crippen molar-refractivity contribution in [2.24, 2.45) is 0 Å². The predicted octanol–water partition coefficient (Wildman–Crippen LogP) is 5.28. The molecule has 0 spiro atoms. The second-order valence-corrected chi connectivity index (χ2v) is 8.33. The van der Waals surface area contributed by atoms with Gasteiger partial charge in [-0.25, -0.2) is 9.48 Å². The number of nitrogens with one attached hydrogen (secondary N) is 1. The molecule has 0 aliphatic rings. The van der Waals surface area contributed by atoms with E-state index in [1.165, 1.54) is 4.68 Å². The van der Waals surface area contributed by atoms with Crippen LogP contribution < -0.4 is 5.32 Å². The number of amides is 1. The Morgan fingerprint density at radius 2 is 1.71 bits per heavy atom. The Bertz CT molecular complexity index is 1170. The highest BCUT2D eigenvalue weighted by Crippen LogP contribution is 2.27. The number of nitrogens with zero attached hydrogens (tertiary/aromatic N) is 3. The van der Waals surface area contributed by atoms with Gasteiger partial charge in [0, 0.05) is 10.6 Å². The highest BCUT2D eigenvalue weighted by atomic mass is 35.5. The molecule has 8 heteroatoms. The van der Waals surface area contributed by atoms with Gasteiger partial charge < -0.3 is 4.74 Å². The van der Waals surface area contributed by atoms with E-state index >= 15 is 0 Å². The molecule has 0 aliphatic carbocycles. The lowest BCUT2D eigenvalue weighted by molar-refractivity contribution is 0.0634. The van der Waals surface area contributed by atoms with Crippen molar-refractivity contribution < 1.29 is 14.3 Å². The summed E-state index contributed by atoms with van der Waals surface area (Å²) in [7, 11) is 0. The van der Waals surface area contributed by atoms with Crippen molar-refractivity contribution in [3.05, 3.63) is 75.9 Å². The van der Waals surface area contributed by atoms with Crippen LogP contribution in [0.4, 0.5) is 10.6 Å². The molecule has 0 saturated carbocycles. The average Bonchev–Trinajstić information content (AvgIpc) is 3.05. The van der Waals surface area contributed by atoms with Gasteiger partial charge in [0.25, 0.3) is 0 Å². The van der Waals surface area contributed by atoms with Crippen LogP contribution in [-0.2, 0) is 4.74 Å². The summed E-state index contributed by atoms with van der Waals surface area (Å²) in [6.45, 7) is 7.08. The zero-order valence-electron chi connectivity index (χ0n) is 17.6. The van der Waals surface area contributed by atoms with Gasteiger partial charge in [-0.2, -0.15) is 10.4 Å². The number of ether oxygens (including phenoxy) is 1. The van der Waals surface area contributed by atoms with Gasteiger partial charge in [0.1, 0.15) is 17.2 Å². The largest absolute Gasteiger partial charge is 0.444 e. The zero-order chi connectivity index (χ0) is 22.8. The summed E-state index contributed by atoms with van der Waals surface area (Å²) in [5.41, 5.74) is 0.999. The molecule has 2 aromatic carbocycles. The highest BCUT2D eigenvalue weighted by Gasteiger charge is 2.27.